The van der Waals surface area contributed by atoms with Gasteiger partial charge in [-0.15, -0.1) is 0 Å². The van der Waals surface area contributed by atoms with Crippen LogP contribution in [0.3, 0.4) is 0 Å². The fourth-order valence-electron chi connectivity index (χ4n) is 5.44. The Morgan fingerprint density at radius 3 is 2.11 bits per heavy atom. The third-order valence-electron chi connectivity index (χ3n) is 8.21. The van der Waals surface area contributed by atoms with Crippen molar-refractivity contribution < 1.29 is 19.3 Å². The highest BCUT2D eigenvalue weighted by molar-refractivity contribution is 6.42. The molecule has 0 heterocycles. The molecule has 0 aliphatic rings. The van der Waals surface area contributed by atoms with Crippen LogP contribution in [0, 0.1) is 0 Å². The third kappa shape index (κ3) is 11.2. The van der Waals surface area contributed by atoms with Crippen LogP contribution in [-0.2, 0) is 24.9 Å². The molecule has 3 N–H and O–H groups in total. The number of phenolic OH excluding ortho intramolecular Hbond substituents is 1. The number of phenols is 1. The van der Waals surface area contributed by atoms with Gasteiger partial charge in [0, 0.05) is 29.2 Å². The summed E-state index contributed by atoms with van der Waals surface area (Å²) >= 11 is 18.5. The molecular formula is C38H45Cl3N2O4. The zero-order valence-corrected chi connectivity index (χ0v) is 30.0. The Morgan fingerprint density at radius 1 is 0.723 bits per heavy atom. The largest absolute Gasteiger partial charge is 0.504 e. The van der Waals surface area contributed by atoms with E-state index in [4.69, 9.17) is 49.0 Å². The minimum absolute atomic E-state index is 0.0599. The highest BCUT2D eigenvalue weighted by Crippen LogP contribution is 2.32. The maximum absolute atomic E-state index is 10.4. The SMILES string of the molecule is COc1cc(CCC(C)NCc2cccc(Cl)c2)ccc1OCOc1cc(CCC(C)NC(C)(C)c2ccc(Cl)c(Cl)c2)ccc1O. The summed E-state index contributed by atoms with van der Waals surface area (Å²) in [6, 6.07) is 25.5. The van der Waals surface area contributed by atoms with E-state index in [-0.39, 0.29) is 24.1 Å². The Morgan fingerprint density at radius 2 is 1.40 bits per heavy atom. The summed E-state index contributed by atoms with van der Waals surface area (Å²) in [5, 5.41) is 19.5. The van der Waals surface area contributed by atoms with Gasteiger partial charge in [-0.2, -0.15) is 0 Å². The maximum Gasteiger partial charge on any atom is 0.231 e. The molecule has 0 aliphatic heterocycles. The summed E-state index contributed by atoms with van der Waals surface area (Å²) in [6.07, 6.45) is 3.53. The van der Waals surface area contributed by atoms with Crippen LogP contribution in [0.25, 0.3) is 0 Å². The van der Waals surface area contributed by atoms with Gasteiger partial charge >= 0.3 is 0 Å². The fraction of sp³-hybridized carbons (Fsp3) is 0.368. The number of methoxy groups -OCH3 is 1. The molecule has 6 nitrogen and oxygen atoms in total. The Labute approximate surface area is 294 Å². The van der Waals surface area contributed by atoms with Crippen LogP contribution in [0.1, 0.15) is 62.8 Å². The molecule has 0 saturated carbocycles. The quantitative estimate of drug-likeness (QED) is 0.0954. The molecule has 47 heavy (non-hydrogen) atoms. The first kappa shape index (κ1) is 36.7. The maximum atomic E-state index is 10.4. The first-order valence-corrected chi connectivity index (χ1v) is 17.0. The third-order valence-corrected chi connectivity index (χ3v) is 9.18. The molecule has 0 amide bonds. The Bertz CT molecular complexity index is 1610. The van der Waals surface area contributed by atoms with Crippen LogP contribution in [0.2, 0.25) is 15.1 Å². The first-order chi connectivity index (χ1) is 22.4. The summed E-state index contributed by atoms with van der Waals surface area (Å²) < 4.78 is 17.4. The predicted octanol–water partition coefficient (Wildman–Crippen LogP) is 9.73. The summed E-state index contributed by atoms with van der Waals surface area (Å²) in [5.74, 6) is 1.64. The lowest BCUT2D eigenvalue weighted by Crippen LogP contribution is -2.42. The van der Waals surface area contributed by atoms with E-state index in [9.17, 15) is 5.11 Å². The summed E-state index contributed by atoms with van der Waals surface area (Å²) in [6.45, 7) is 9.28. The number of benzene rings is 4. The van der Waals surface area contributed by atoms with Gasteiger partial charge in [-0.05, 0) is 124 Å². The van der Waals surface area contributed by atoms with E-state index in [0.29, 0.717) is 33.3 Å². The van der Waals surface area contributed by atoms with Crippen molar-refractivity contribution in [2.75, 3.05) is 13.9 Å². The molecular weight excluding hydrogens is 655 g/mol. The van der Waals surface area contributed by atoms with E-state index < -0.39 is 0 Å². The number of halogens is 3. The molecule has 0 aromatic heterocycles. The van der Waals surface area contributed by atoms with Crippen molar-refractivity contribution in [3.63, 3.8) is 0 Å². The van der Waals surface area contributed by atoms with Crippen molar-refractivity contribution in [3.8, 4) is 23.0 Å². The number of hydrogen-bond donors (Lipinski definition) is 3. The van der Waals surface area contributed by atoms with E-state index in [0.717, 1.165) is 53.9 Å². The van der Waals surface area contributed by atoms with Gasteiger partial charge in [0.1, 0.15) is 0 Å². The first-order valence-electron chi connectivity index (χ1n) is 15.9. The van der Waals surface area contributed by atoms with Crippen molar-refractivity contribution in [2.24, 2.45) is 0 Å². The van der Waals surface area contributed by atoms with Crippen LogP contribution in [0.5, 0.6) is 23.0 Å². The van der Waals surface area contributed by atoms with E-state index >= 15 is 0 Å². The molecule has 0 bridgehead atoms. The normalized spacial score (nSPS) is 12.9. The Kier molecular flexibility index (Phi) is 13.5. The van der Waals surface area contributed by atoms with Crippen molar-refractivity contribution in [3.05, 3.63) is 116 Å². The molecule has 0 radical (unpaired) electrons. The van der Waals surface area contributed by atoms with E-state index in [2.05, 4.69) is 44.4 Å². The molecule has 2 atom stereocenters. The van der Waals surface area contributed by atoms with Crippen LogP contribution < -0.4 is 24.8 Å². The van der Waals surface area contributed by atoms with Crippen LogP contribution in [-0.4, -0.2) is 31.1 Å². The minimum Gasteiger partial charge on any atom is -0.504 e. The highest BCUT2D eigenvalue weighted by atomic mass is 35.5. The number of aryl methyl sites for hydroxylation is 2. The smallest absolute Gasteiger partial charge is 0.231 e. The summed E-state index contributed by atoms with van der Waals surface area (Å²) in [5.41, 5.74) is 4.15. The lowest BCUT2D eigenvalue weighted by atomic mass is 9.92. The van der Waals surface area contributed by atoms with E-state index in [1.54, 1.807) is 13.2 Å². The molecule has 9 heteroatoms. The van der Waals surface area contributed by atoms with Gasteiger partial charge in [0.15, 0.2) is 23.0 Å². The van der Waals surface area contributed by atoms with Gasteiger partial charge in [0.25, 0.3) is 0 Å². The van der Waals surface area contributed by atoms with Gasteiger partial charge in [0.2, 0.25) is 6.79 Å². The lowest BCUT2D eigenvalue weighted by Gasteiger charge is -2.31. The van der Waals surface area contributed by atoms with Gasteiger partial charge in [-0.25, -0.2) is 0 Å². The van der Waals surface area contributed by atoms with Crippen molar-refractivity contribution in [1.29, 1.82) is 0 Å². The van der Waals surface area contributed by atoms with Crippen LogP contribution in [0.4, 0.5) is 0 Å². The standard InChI is InChI=1S/C38H45Cl3N2O4/c1-25(42-23-29-7-6-8-31(39)19-29)9-11-28-14-18-35(37(21-28)45-5)46-24-47-36-20-27(13-17-34(36)44)12-10-26(2)43-38(3,4)30-15-16-32(40)33(41)22-30/h6-8,13-22,25-26,42-44H,9-12,23-24H2,1-5H3. The number of hydrogen-bond acceptors (Lipinski definition) is 6. The topological polar surface area (TPSA) is 72.0 Å². The van der Waals surface area contributed by atoms with E-state index in [1.807, 2.05) is 66.7 Å². The lowest BCUT2D eigenvalue weighted by molar-refractivity contribution is 0.113. The fourth-order valence-corrected chi connectivity index (χ4v) is 5.95. The highest BCUT2D eigenvalue weighted by Gasteiger charge is 2.23. The monoisotopic (exact) mass is 698 g/mol. The van der Waals surface area contributed by atoms with Gasteiger partial charge in [0.05, 0.1) is 17.2 Å². The van der Waals surface area contributed by atoms with Gasteiger partial charge < -0.3 is 30.0 Å². The molecule has 4 aromatic rings. The van der Waals surface area contributed by atoms with Crippen LogP contribution >= 0.6 is 34.8 Å². The molecule has 4 aromatic carbocycles. The number of aromatic hydroxyl groups is 1. The average Bonchev–Trinajstić information content (AvgIpc) is 3.04. The molecule has 0 saturated heterocycles. The molecule has 4 rings (SSSR count). The van der Waals surface area contributed by atoms with Gasteiger partial charge in [-0.3, -0.25) is 0 Å². The second kappa shape index (κ2) is 17.3. The Hall–Kier alpha value is -3.13. The predicted molar refractivity (Wildman–Crippen MR) is 194 cm³/mol. The Balaban J connectivity index is 1.24. The average molecular weight is 700 g/mol. The zero-order valence-electron chi connectivity index (χ0n) is 27.7. The van der Waals surface area contributed by atoms with E-state index in [1.165, 1.54) is 5.56 Å². The number of nitrogens with one attached hydrogen (secondary N) is 2. The van der Waals surface area contributed by atoms with Gasteiger partial charge in [-0.1, -0.05) is 65.1 Å². The number of rotatable bonds is 17. The zero-order chi connectivity index (χ0) is 34.0. The number of ether oxygens (including phenoxy) is 3. The van der Waals surface area contributed by atoms with Crippen molar-refractivity contribution in [2.45, 2.75) is 77.5 Å². The van der Waals surface area contributed by atoms with Crippen molar-refractivity contribution >= 4 is 34.8 Å². The molecule has 0 fully saturated rings. The second-order valence-corrected chi connectivity index (χ2v) is 13.7. The molecule has 0 aliphatic carbocycles. The summed E-state index contributed by atoms with van der Waals surface area (Å²) in [7, 11) is 1.62. The molecule has 2 unspecified atom stereocenters. The summed E-state index contributed by atoms with van der Waals surface area (Å²) in [4.78, 5) is 0. The molecule has 252 valence electrons. The minimum atomic E-state index is -0.290. The van der Waals surface area contributed by atoms with Crippen LogP contribution in [0.15, 0.2) is 78.9 Å². The van der Waals surface area contributed by atoms with Crippen molar-refractivity contribution in [1.82, 2.24) is 10.6 Å². The second-order valence-electron chi connectivity index (χ2n) is 12.5. The molecule has 0 spiro atoms.